The third-order valence-electron chi connectivity index (χ3n) is 4.46. The Hall–Kier alpha value is -2.18. The number of likely N-dealkylation sites (N-methyl/N-ethyl adjacent to an activating group) is 1. The van der Waals surface area contributed by atoms with Gasteiger partial charge in [0.25, 0.3) is 10.0 Å². The highest BCUT2D eigenvalue weighted by Gasteiger charge is 2.27. The van der Waals surface area contributed by atoms with Crippen LogP contribution in [-0.2, 0) is 21.2 Å². The first-order valence-corrected chi connectivity index (χ1v) is 12.5. The summed E-state index contributed by atoms with van der Waals surface area (Å²) >= 11 is 1.08. The van der Waals surface area contributed by atoms with Gasteiger partial charge >= 0.3 is 5.97 Å². The molecule has 1 aromatic heterocycles. The Kier molecular flexibility index (Phi) is 8.83. The van der Waals surface area contributed by atoms with Gasteiger partial charge in [-0.1, -0.05) is 37.3 Å². The number of carboxylic acid groups (broad SMARTS) is 1. The molecule has 0 radical (unpaired) electrons. The van der Waals surface area contributed by atoms with E-state index in [1.165, 1.54) is 11.6 Å². The van der Waals surface area contributed by atoms with E-state index in [2.05, 4.69) is 35.6 Å². The Morgan fingerprint density at radius 2 is 1.81 bits per heavy atom. The maximum atomic E-state index is 12.8. The summed E-state index contributed by atoms with van der Waals surface area (Å²) in [4.78, 5) is 11.8. The lowest BCUT2D eigenvalue weighted by Gasteiger charge is -2.28. The van der Waals surface area contributed by atoms with Crippen molar-refractivity contribution in [3.05, 3.63) is 52.4 Å². The molecule has 0 bridgehead atoms. The number of nitrogens with zero attached hydrogens (tertiary/aromatic N) is 1. The zero-order chi connectivity index (χ0) is 23.1. The molecule has 8 heteroatoms. The number of sulfonamides is 1. The Balaban J connectivity index is 2.11. The monoisotopic (exact) mass is 463 g/mol. The summed E-state index contributed by atoms with van der Waals surface area (Å²) in [5, 5.41) is 9.13. The maximum Gasteiger partial charge on any atom is 0.305 e. The second-order valence-electron chi connectivity index (χ2n) is 8.56. The predicted octanol–water partition coefficient (Wildman–Crippen LogP) is 3.32. The predicted molar refractivity (Wildman–Crippen MR) is 125 cm³/mol. The molecule has 168 valence electrons. The van der Waals surface area contributed by atoms with Crippen LogP contribution in [0.4, 0.5) is 0 Å². The van der Waals surface area contributed by atoms with Gasteiger partial charge in [0.15, 0.2) is 0 Å². The maximum absolute atomic E-state index is 12.8. The molecular formula is C23H31N2O4S2+. The van der Waals surface area contributed by atoms with Crippen LogP contribution in [0.5, 0.6) is 0 Å². The summed E-state index contributed by atoms with van der Waals surface area (Å²) in [6.45, 7) is 2.53. The van der Waals surface area contributed by atoms with Crippen LogP contribution in [0, 0.1) is 11.8 Å². The van der Waals surface area contributed by atoms with Gasteiger partial charge in [-0.05, 0) is 42.7 Å². The minimum absolute atomic E-state index is 0.128. The zero-order valence-corrected chi connectivity index (χ0v) is 20.1. The molecule has 0 aliphatic rings. The van der Waals surface area contributed by atoms with Crippen LogP contribution < -0.4 is 4.72 Å². The number of quaternary nitrogens is 1. The summed E-state index contributed by atoms with van der Waals surface area (Å²) < 4.78 is 28.7. The number of thiophene rings is 1. The molecular weight excluding hydrogens is 432 g/mol. The van der Waals surface area contributed by atoms with E-state index in [0.717, 1.165) is 36.2 Å². The van der Waals surface area contributed by atoms with Crippen molar-refractivity contribution in [3.63, 3.8) is 0 Å². The lowest BCUT2D eigenvalue weighted by Crippen LogP contribution is -2.49. The van der Waals surface area contributed by atoms with Crippen LogP contribution in [0.2, 0.25) is 0 Å². The Labute approximate surface area is 189 Å². The van der Waals surface area contributed by atoms with Gasteiger partial charge in [-0.2, -0.15) is 0 Å². The first-order chi connectivity index (χ1) is 14.5. The first-order valence-electron chi connectivity index (χ1n) is 10.2. The lowest BCUT2D eigenvalue weighted by atomic mass is 10.1. The van der Waals surface area contributed by atoms with Crippen molar-refractivity contribution < 1.29 is 22.8 Å². The van der Waals surface area contributed by atoms with Crippen LogP contribution in [-0.4, -0.2) is 57.7 Å². The molecule has 0 spiro atoms. The number of aliphatic carboxylic acids is 1. The summed E-state index contributed by atoms with van der Waals surface area (Å²) in [5.41, 5.74) is 2.16. The van der Waals surface area contributed by atoms with Crippen LogP contribution in [0.15, 0.2) is 40.6 Å². The third kappa shape index (κ3) is 8.83. The molecule has 1 atom stereocenters. The molecule has 1 aromatic carbocycles. The molecule has 0 aliphatic carbocycles. The summed E-state index contributed by atoms with van der Waals surface area (Å²) in [5.74, 6) is 5.05. The molecule has 0 fully saturated rings. The van der Waals surface area contributed by atoms with Crippen LogP contribution >= 0.6 is 11.3 Å². The number of carboxylic acids is 1. The fourth-order valence-electron chi connectivity index (χ4n) is 3.09. The molecule has 0 saturated carbocycles. The molecule has 0 aliphatic heterocycles. The van der Waals surface area contributed by atoms with Gasteiger partial charge in [0.05, 0.1) is 45.0 Å². The van der Waals surface area contributed by atoms with E-state index in [1.807, 2.05) is 33.3 Å². The number of benzene rings is 1. The normalized spacial score (nSPS) is 12.8. The average Bonchev–Trinajstić information content (AvgIpc) is 3.13. The standard InChI is InChI=1S/C23H30N2O4S2/c1-5-6-7-18-8-10-19(11-9-18)12-13-21-14-15-23(30-21)31(28,29)24-20(16-22(26)27)17-25(2,3)4/h8-11,14-15,20,24H,5-7,16-17H2,1-4H3/p+1/t20-/m1/s1. The van der Waals surface area contributed by atoms with Gasteiger partial charge in [-0.25, -0.2) is 13.1 Å². The third-order valence-corrected chi connectivity index (χ3v) is 7.47. The number of hydrogen-bond donors (Lipinski definition) is 2. The smallest absolute Gasteiger partial charge is 0.305 e. The molecule has 1 heterocycles. The van der Waals surface area contributed by atoms with Gasteiger partial charge in [-0.15, -0.1) is 11.3 Å². The molecule has 0 unspecified atom stereocenters. The number of hydrogen-bond acceptors (Lipinski definition) is 4. The van der Waals surface area contributed by atoms with E-state index in [1.54, 1.807) is 6.07 Å². The highest BCUT2D eigenvalue weighted by molar-refractivity contribution is 7.91. The Morgan fingerprint density at radius 1 is 1.13 bits per heavy atom. The average molecular weight is 464 g/mol. The number of unbranched alkanes of at least 4 members (excludes halogenated alkanes) is 1. The molecule has 2 N–H and O–H groups in total. The first kappa shape index (κ1) is 25.1. The van der Waals surface area contributed by atoms with Crippen LogP contribution in [0.3, 0.4) is 0 Å². The SMILES string of the molecule is CCCCc1ccc(C#Cc2ccc(S(=O)(=O)N[C@H](CC(=O)O)C[N+](C)(C)C)s2)cc1. The highest BCUT2D eigenvalue weighted by Crippen LogP contribution is 2.22. The largest absolute Gasteiger partial charge is 0.481 e. The number of aryl methyl sites for hydroxylation is 1. The second kappa shape index (κ2) is 10.9. The molecule has 2 aromatic rings. The quantitative estimate of drug-likeness (QED) is 0.418. The van der Waals surface area contributed by atoms with Gasteiger partial charge in [0, 0.05) is 5.56 Å². The minimum Gasteiger partial charge on any atom is -0.481 e. The molecule has 0 saturated heterocycles. The topological polar surface area (TPSA) is 83.5 Å². The van der Waals surface area contributed by atoms with E-state index in [-0.39, 0.29) is 10.6 Å². The van der Waals surface area contributed by atoms with Crippen molar-refractivity contribution >= 4 is 27.3 Å². The van der Waals surface area contributed by atoms with Gasteiger partial charge in [0.2, 0.25) is 0 Å². The van der Waals surface area contributed by atoms with E-state index < -0.39 is 22.0 Å². The molecule has 2 rings (SSSR count). The fraction of sp³-hybridized carbons (Fsp3) is 0.435. The van der Waals surface area contributed by atoms with E-state index in [9.17, 15) is 13.2 Å². The minimum atomic E-state index is -3.83. The molecule has 0 amide bonds. The molecule has 6 nitrogen and oxygen atoms in total. The van der Waals surface area contributed by atoms with Gasteiger partial charge < -0.3 is 9.59 Å². The Bertz CT molecular complexity index is 1040. The Morgan fingerprint density at radius 3 is 2.39 bits per heavy atom. The zero-order valence-electron chi connectivity index (χ0n) is 18.5. The van der Waals surface area contributed by atoms with Crippen molar-refractivity contribution in [2.75, 3.05) is 27.7 Å². The van der Waals surface area contributed by atoms with Gasteiger partial charge in [0.1, 0.15) is 4.21 Å². The van der Waals surface area contributed by atoms with Gasteiger partial charge in [-0.3, -0.25) is 4.79 Å². The number of rotatable bonds is 10. The van der Waals surface area contributed by atoms with E-state index in [4.69, 9.17) is 5.11 Å². The number of nitrogens with one attached hydrogen (secondary N) is 1. The van der Waals surface area contributed by atoms with Crippen LogP contribution in [0.1, 0.15) is 42.2 Å². The fourth-order valence-corrected chi connectivity index (χ4v) is 5.50. The van der Waals surface area contributed by atoms with Crippen molar-refractivity contribution in [2.45, 2.75) is 42.9 Å². The van der Waals surface area contributed by atoms with Crippen molar-refractivity contribution in [1.29, 1.82) is 0 Å². The van der Waals surface area contributed by atoms with E-state index in [0.29, 0.717) is 15.9 Å². The van der Waals surface area contributed by atoms with Crippen LogP contribution in [0.25, 0.3) is 0 Å². The van der Waals surface area contributed by atoms with Crippen molar-refractivity contribution in [2.24, 2.45) is 0 Å². The highest BCUT2D eigenvalue weighted by atomic mass is 32.2. The van der Waals surface area contributed by atoms with Crippen molar-refractivity contribution in [1.82, 2.24) is 4.72 Å². The summed E-state index contributed by atoms with van der Waals surface area (Å²) in [6, 6.07) is 10.6. The summed E-state index contributed by atoms with van der Waals surface area (Å²) in [7, 11) is 1.83. The van der Waals surface area contributed by atoms with E-state index >= 15 is 0 Å². The lowest BCUT2D eigenvalue weighted by molar-refractivity contribution is -0.871. The number of carbonyl (C=O) groups is 1. The summed E-state index contributed by atoms with van der Waals surface area (Å²) in [6.07, 6.45) is 3.10. The second-order valence-corrected chi connectivity index (χ2v) is 11.6. The van der Waals surface area contributed by atoms with Crippen molar-refractivity contribution in [3.8, 4) is 11.8 Å². The molecule has 31 heavy (non-hydrogen) atoms.